The number of nitrogens with one attached hydrogen (secondary N) is 2. The molecule has 1 saturated heterocycles. The number of morpholine rings is 1. The van der Waals surface area contributed by atoms with E-state index in [0.717, 1.165) is 6.42 Å². The zero-order chi connectivity index (χ0) is 20.1. The summed E-state index contributed by atoms with van der Waals surface area (Å²) in [6, 6.07) is 20.8. The zero-order valence-corrected chi connectivity index (χ0v) is 16.1. The van der Waals surface area contributed by atoms with Crippen LogP contribution in [0.1, 0.15) is 29.3 Å². The number of benzene rings is 2. The summed E-state index contributed by atoms with van der Waals surface area (Å²) in [6.45, 7) is 1.58. The van der Waals surface area contributed by atoms with E-state index in [4.69, 9.17) is 4.74 Å². The zero-order valence-electron chi connectivity index (χ0n) is 16.1. The third-order valence-corrected chi connectivity index (χ3v) is 5.26. The molecule has 2 N–H and O–H groups in total. The molecule has 0 spiro atoms. The van der Waals surface area contributed by atoms with Gasteiger partial charge in [-0.15, -0.1) is 0 Å². The third-order valence-electron chi connectivity index (χ3n) is 5.26. The Morgan fingerprint density at radius 2 is 1.76 bits per heavy atom. The Balaban J connectivity index is 1.46. The molecule has 1 amide bonds. The van der Waals surface area contributed by atoms with Gasteiger partial charge in [-0.2, -0.15) is 5.10 Å². The molecule has 2 aromatic carbocycles. The van der Waals surface area contributed by atoms with Crippen LogP contribution in [0.25, 0.3) is 0 Å². The number of carbonyl (C=O) groups is 1. The Kier molecular flexibility index (Phi) is 5.86. The van der Waals surface area contributed by atoms with Crippen LogP contribution in [0.15, 0.2) is 65.5 Å². The van der Waals surface area contributed by atoms with E-state index in [-0.39, 0.29) is 24.3 Å². The molecule has 0 bridgehead atoms. The molecule has 29 heavy (non-hydrogen) atoms. The Morgan fingerprint density at radius 1 is 1.10 bits per heavy atom. The van der Waals surface area contributed by atoms with Gasteiger partial charge in [-0.25, -0.2) is 9.89 Å². The highest BCUT2D eigenvalue weighted by Gasteiger charge is 2.28. The number of H-pyrrole nitrogens is 2. The van der Waals surface area contributed by atoms with Gasteiger partial charge in [-0.1, -0.05) is 60.7 Å². The van der Waals surface area contributed by atoms with Crippen LogP contribution in [0.2, 0.25) is 0 Å². The molecule has 0 saturated carbocycles. The Morgan fingerprint density at radius 3 is 2.34 bits per heavy atom. The summed E-state index contributed by atoms with van der Waals surface area (Å²) < 4.78 is 6.01. The van der Waals surface area contributed by atoms with Gasteiger partial charge < -0.3 is 9.64 Å². The summed E-state index contributed by atoms with van der Waals surface area (Å²) in [5, 5.41) is 6.12. The second-order valence-electron chi connectivity index (χ2n) is 7.24. The first-order valence-corrected chi connectivity index (χ1v) is 9.82. The molecule has 1 atom stereocenters. The van der Waals surface area contributed by atoms with Gasteiger partial charge in [0.2, 0.25) is 5.91 Å². The summed E-state index contributed by atoms with van der Waals surface area (Å²) >= 11 is 0. The maximum atomic E-state index is 12.6. The largest absolute Gasteiger partial charge is 0.375 e. The van der Waals surface area contributed by atoms with Crippen molar-refractivity contribution in [2.24, 2.45) is 0 Å². The fourth-order valence-electron chi connectivity index (χ4n) is 3.83. The number of hydrogen-bond acceptors (Lipinski definition) is 4. The molecule has 1 fully saturated rings. The van der Waals surface area contributed by atoms with Crippen molar-refractivity contribution in [3.8, 4) is 0 Å². The fourth-order valence-corrected chi connectivity index (χ4v) is 3.83. The molecule has 1 aliphatic rings. The first-order chi connectivity index (χ1) is 14.2. The second-order valence-corrected chi connectivity index (χ2v) is 7.24. The van der Waals surface area contributed by atoms with Crippen molar-refractivity contribution in [2.45, 2.75) is 24.9 Å². The molecule has 1 aromatic heterocycles. The van der Waals surface area contributed by atoms with Gasteiger partial charge in [0.1, 0.15) is 5.82 Å². The number of amides is 1. The van der Waals surface area contributed by atoms with Crippen molar-refractivity contribution in [1.82, 2.24) is 20.1 Å². The summed E-state index contributed by atoms with van der Waals surface area (Å²) in [6.07, 6.45) is 0.805. The van der Waals surface area contributed by atoms with E-state index in [9.17, 15) is 9.59 Å². The summed E-state index contributed by atoms with van der Waals surface area (Å²) in [7, 11) is 0. The molecule has 2 heterocycles. The van der Waals surface area contributed by atoms with Crippen molar-refractivity contribution in [1.29, 1.82) is 0 Å². The first-order valence-electron chi connectivity index (χ1n) is 9.82. The van der Waals surface area contributed by atoms with E-state index in [1.54, 1.807) is 4.90 Å². The lowest BCUT2D eigenvalue weighted by Crippen LogP contribution is -2.46. The van der Waals surface area contributed by atoms with Gasteiger partial charge in [0, 0.05) is 19.0 Å². The van der Waals surface area contributed by atoms with E-state index in [0.29, 0.717) is 25.5 Å². The number of nitrogens with zero attached hydrogens (tertiary/aromatic N) is 2. The summed E-state index contributed by atoms with van der Waals surface area (Å²) in [5.74, 6) is 0.492. The smallest absolute Gasteiger partial charge is 0.340 e. The maximum Gasteiger partial charge on any atom is 0.340 e. The number of carbonyl (C=O) groups excluding carboxylic acids is 1. The van der Waals surface area contributed by atoms with Gasteiger partial charge in [-0.05, 0) is 17.5 Å². The monoisotopic (exact) mass is 392 g/mol. The van der Waals surface area contributed by atoms with Crippen LogP contribution >= 0.6 is 0 Å². The van der Waals surface area contributed by atoms with Gasteiger partial charge in [-0.3, -0.25) is 9.78 Å². The minimum absolute atomic E-state index is 0.0583. The SMILES string of the molecule is O=C(Cc1n[nH]c(=O)[nH]1)N1CCOC(CC(c2ccccc2)c2ccccc2)C1. The normalized spacial score (nSPS) is 16.9. The van der Waals surface area contributed by atoms with Crippen LogP contribution in [0.3, 0.4) is 0 Å². The predicted molar refractivity (Wildman–Crippen MR) is 109 cm³/mol. The average molecular weight is 392 g/mol. The van der Waals surface area contributed by atoms with Crippen LogP contribution in [0, 0.1) is 0 Å². The molecule has 3 aromatic rings. The van der Waals surface area contributed by atoms with E-state index >= 15 is 0 Å². The van der Waals surface area contributed by atoms with E-state index in [1.807, 2.05) is 36.4 Å². The molecule has 150 valence electrons. The van der Waals surface area contributed by atoms with Crippen LogP contribution in [0.4, 0.5) is 0 Å². The van der Waals surface area contributed by atoms with E-state index < -0.39 is 5.69 Å². The van der Waals surface area contributed by atoms with Gasteiger partial charge >= 0.3 is 5.69 Å². The van der Waals surface area contributed by atoms with Crippen LogP contribution in [0.5, 0.6) is 0 Å². The predicted octanol–water partition coefficient (Wildman–Crippen LogP) is 2.09. The molecule has 1 unspecified atom stereocenters. The molecule has 7 heteroatoms. The molecular formula is C22H24N4O3. The quantitative estimate of drug-likeness (QED) is 0.672. The molecular weight excluding hydrogens is 368 g/mol. The van der Waals surface area contributed by atoms with Gasteiger partial charge in [0.05, 0.1) is 19.1 Å². The number of rotatable bonds is 6. The Hall–Kier alpha value is -3.19. The maximum absolute atomic E-state index is 12.6. The van der Waals surface area contributed by atoms with Gasteiger partial charge in [0.25, 0.3) is 0 Å². The Labute approximate surface area is 168 Å². The topological polar surface area (TPSA) is 91.1 Å². The van der Waals surface area contributed by atoms with Crippen molar-refractivity contribution < 1.29 is 9.53 Å². The molecule has 0 aliphatic carbocycles. The fraction of sp³-hybridized carbons (Fsp3) is 0.318. The molecule has 4 rings (SSSR count). The van der Waals surface area contributed by atoms with Crippen LogP contribution < -0.4 is 5.69 Å². The second kappa shape index (κ2) is 8.87. The van der Waals surface area contributed by atoms with Crippen molar-refractivity contribution >= 4 is 5.91 Å². The minimum atomic E-state index is -0.402. The summed E-state index contributed by atoms with van der Waals surface area (Å²) in [5.41, 5.74) is 2.07. The third kappa shape index (κ3) is 4.81. The van der Waals surface area contributed by atoms with Crippen molar-refractivity contribution in [2.75, 3.05) is 19.7 Å². The standard InChI is InChI=1S/C22H24N4O3/c27-21(14-20-23-22(28)25-24-20)26-11-12-29-18(15-26)13-19(16-7-3-1-4-8-16)17-9-5-2-6-10-17/h1-10,18-19H,11-15H2,(H2,23,24,25,28). The number of aromatic nitrogens is 3. The minimum Gasteiger partial charge on any atom is -0.375 e. The average Bonchev–Trinajstić information content (AvgIpc) is 3.18. The number of ether oxygens (including phenoxy) is 1. The number of hydrogen-bond donors (Lipinski definition) is 2. The van der Waals surface area contributed by atoms with E-state index in [2.05, 4.69) is 39.4 Å². The van der Waals surface area contributed by atoms with Crippen molar-refractivity contribution in [3.63, 3.8) is 0 Å². The lowest BCUT2D eigenvalue weighted by atomic mass is 9.86. The first kappa shape index (κ1) is 19.1. The highest BCUT2D eigenvalue weighted by Crippen LogP contribution is 2.30. The van der Waals surface area contributed by atoms with E-state index in [1.165, 1.54) is 11.1 Å². The lowest BCUT2D eigenvalue weighted by Gasteiger charge is -2.35. The van der Waals surface area contributed by atoms with Crippen molar-refractivity contribution in [3.05, 3.63) is 88.1 Å². The number of aromatic amines is 2. The van der Waals surface area contributed by atoms with Crippen LogP contribution in [-0.2, 0) is 16.0 Å². The van der Waals surface area contributed by atoms with Crippen LogP contribution in [-0.4, -0.2) is 51.8 Å². The molecule has 7 nitrogen and oxygen atoms in total. The molecule has 1 aliphatic heterocycles. The molecule has 0 radical (unpaired) electrons. The highest BCUT2D eigenvalue weighted by molar-refractivity contribution is 5.78. The Bertz CT molecular complexity index is 944. The summed E-state index contributed by atoms with van der Waals surface area (Å²) in [4.78, 5) is 28.1. The highest BCUT2D eigenvalue weighted by atomic mass is 16.5. The lowest BCUT2D eigenvalue weighted by molar-refractivity contribution is -0.138. The van der Waals surface area contributed by atoms with Gasteiger partial charge in [0.15, 0.2) is 0 Å².